The average molecular weight is 538 g/mol. The van der Waals surface area contributed by atoms with Crippen molar-refractivity contribution in [2.45, 2.75) is 52.8 Å². The molecule has 0 saturated heterocycles. The van der Waals surface area contributed by atoms with Crippen LogP contribution in [0.2, 0.25) is 0 Å². The van der Waals surface area contributed by atoms with E-state index in [4.69, 9.17) is 9.15 Å². The van der Waals surface area contributed by atoms with Gasteiger partial charge >= 0.3 is 0 Å². The SMILES string of the molecule is Cc1ccc([C@H]2c3cc(OCc4nc(C(=O)NCc5ccccc5)co4)ccc3CCN2C(=O)CC(C)C)cc1. The van der Waals surface area contributed by atoms with E-state index in [2.05, 4.69) is 61.4 Å². The van der Waals surface area contributed by atoms with Gasteiger partial charge in [0.2, 0.25) is 11.8 Å². The average Bonchev–Trinajstić information content (AvgIpc) is 3.44. The van der Waals surface area contributed by atoms with Gasteiger partial charge in [-0.25, -0.2) is 4.98 Å². The van der Waals surface area contributed by atoms with E-state index in [-0.39, 0.29) is 36.1 Å². The molecule has 2 amide bonds. The predicted octanol–water partition coefficient (Wildman–Crippen LogP) is 6.01. The Kier molecular flexibility index (Phi) is 8.29. The van der Waals surface area contributed by atoms with E-state index in [0.717, 1.165) is 23.1 Å². The Hall–Kier alpha value is -4.39. The van der Waals surface area contributed by atoms with Crippen molar-refractivity contribution >= 4 is 11.8 Å². The number of aromatic nitrogens is 1. The number of fused-ring (bicyclic) bond motifs is 1. The van der Waals surface area contributed by atoms with Crippen LogP contribution in [0.4, 0.5) is 0 Å². The molecule has 3 aromatic carbocycles. The molecule has 5 rings (SSSR count). The number of nitrogens with one attached hydrogen (secondary N) is 1. The Morgan fingerprint density at radius 3 is 2.60 bits per heavy atom. The van der Waals surface area contributed by atoms with E-state index >= 15 is 0 Å². The summed E-state index contributed by atoms with van der Waals surface area (Å²) in [5.74, 6) is 1.11. The molecule has 1 aliphatic rings. The minimum Gasteiger partial charge on any atom is -0.484 e. The lowest BCUT2D eigenvalue weighted by molar-refractivity contribution is -0.134. The van der Waals surface area contributed by atoms with Gasteiger partial charge in [-0.1, -0.05) is 80.1 Å². The van der Waals surface area contributed by atoms with E-state index < -0.39 is 0 Å². The molecule has 206 valence electrons. The lowest BCUT2D eigenvalue weighted by Crippen LogP contribution is -2.41. The summed E-state index contributed by atoms with van der Waals surface area (Å²) in [6.45, 7) is 7.38. The van der Waals surface area contributed by atoms with Crippen molar-refractivity contribution in [3.05, 3.63) is 118 Å². The first kappa shape index (κ1) is 27.2. The summed E-state index contributed by atoms with van der Waals surface area (Å²) in [6.07, 6.45) is 2.65. The zero-order valence-electron chi connectivity index (χ0n) is 23.2. The highest BCUT2D eigenvalue weighted by Gasteiger charge is 2.32. The van der Waals surface area contributed by atoms with Crippen LogP contribution in [-0.4, -0.2) is 28.2 Å². The van der Waals surface area contributed by atoms with Crippen LogP contribution in [0.5, 0.6) is 5.75 Å². The minimum atomic E-state index is -0.306. The molecule has 0 fully saturated rings. The summed E-state index contributed by atoms with van der Waals surface area (Å²) in [6, 6.07) is 23.9. The maximum atomic E-state index is 13.3. The van der Waals surface area contributed by atoms with Gasteiger partial charge in [-0.2, -0.15) is 0 Å². The highest BCUT2D eigenvalue weighted by atomic mass is 16.5. The van der Waals surface area contributed by atoms with E-state index in [1.54, 1.807) is 0 Å². The van der Waals surface area contributed by atoms with Gasteiger partial charge in [-0.3, -0.25) is 9.59 Å². The zero-order chi connectivity index (χ0) is 28.1. The first-order valence-electron chi connectivity index (χ1n) is 13.8. The molecule has 1 atom stereocenters. The molecule has 0 saturated carbocycles. The van der Waals surface area contributed by atoms with Gasteiger partial charge < -0.3 is 19.4 Å². The van der Waals surface area contributed by atoms with Crippen LogP contribution in [0.1, 0.15) is 70.5 Å². The normalized spacial score (nSPS) is 14.6. The Bertz CT molecular complexity index is 1460. The number of ether oxygens (including phenoxy) is 1. The number of aryl methyl sites for hydroxylation is 1. The zero-order valence-corrected chi connectivity index (χ0v) is 23.2. The third-order valence-corrected chi connectivity index (χ3v) is 7.08. The van der Waals surface area contributed by atoms with Crippen molar-refractivity contribution in [2.24, 2.45) is 5.92 Å². The van der Waals surface area contributed by atoms with Crippen LogP contribution in [0.3, 0.4) is 0 Å². The fourth-order valence-electron chi connectivity index (χ4n) is 5.02. The summed E-state index contributed by atoms with van der Waals surface area (Å²) >= 11 is 0. The molecule has 0 spiro atoms. The molecule has 4 aromatic rings. The Morgan fingerprint density at radius 2 is 1.85 bits per heavy atom. The second-order valence-corrected chi connectivity index (χ2v) is 10.7. The summed E-state index contributed by atoms with van der Waals surface area (Å²) < 4.78 is 11.6. The van der Waals surface area contributed by atoms with E-state index in [9.17, 15) is 9.59 Å². The highest BCUT2D eigenvalue weighted by molar-refractivity contribution is 5.91. The molecule has 0 bridgehead atoms. The van der Waals surface area contributed by atoms with Crippen LogP contribution in [0.15, 0.2) is 83.5 Å². The maximum absolute atomic E-state index is 13.3. The van der Waals surface area contributed by atoms with Crippen LogP contribution in [0.25, 0.3) is 0 Å². The van der Waals surface area contributed by atoms with Gasteiger partial charge in [0, 0.05) is 19.5 Å². The molecule has 0 aliphatic carbocycles. The van der Waals surface area contributed by atoms with E-state index in [1.165, 1.54) is 17.4 Å². The van der Waals surface area contributed by atoms with Gasteiger partial charge in [-0.15, -0.1) is 0 Å². The quantitative estimate of drug-likeness (QED) is 0.283. The highest BCUT2D eigenvalue weighted by Crippen LogP contribution is 2.38. The second-order valence-electron chi connectivity index (χ2n) is 10.7. The van der Waals surface area contributed by atoms with Gasteiger partial charge in [-0.05, 0) is 53.6 Å². The van der Waals surface area contributed by atoms with Crippen molar-refractivity contribution < 1.29 is 18.7 Å². The second kappa shape index (κ2) is 12.2. The molecule has 0 unspecified atom stereocenters. The largest absolute Gasteiger partial charge is 0.484 e. The molecule has 7 nitrogen and oxygen atoms in total. The molecule has 2 heterocycles. The summed E-state index contributed by atoms with van der Waals surface area (Å²) in [5, 5.41) is 2.85. The fraction of sp³-hybridized carbons (Fsp3) is 0.303. The number of carbonyl (C=O) groups is 2. The van der Waals surface area contributed by atoms with Gasteiger partial charge in [0.1, 0.15) is 12.0 Å². The summed E-state index contributed by atoms with van der Waals surface area (Å²) in [5.41, 5.74) is 5.75. The molecule has 1 aliphatic heterocycles. The first-order valence-corrected chi connectivity index (χ1v) is 13.8. The number of oxazole rings is 1. The topological polar surface area (TPSA) is 84.7 Å². The first-order chi connectivity index (χ1) is 19.4. The summed E-state index contributed by atoms with van der Waals surface area (Å²) in [7, 11) is 0. The minimum absolute atomic E-state index is 0.0793. The van der Waals surface area contributed by atoms with Gasteiger partial charge in [0.05, 0.1) is 6.04 Å². The number of hydrogen-bond donors (Lipinski definition) is 1. The Balaban J connectivity index is 1.30. The molecule has 1 aromatic heterocycles. The molecular weight excluding hydrogens is 502 g/mol. The third-order valence-electron chi connectivity index (χ3n) is 7.08. The molecule has 0 radical (unpaired) electrons. The number of nitrogens with zero attached hydrogens (tertiary/aromatic N) is 2. The maximum Gasteiger partial charge on any atom is 0.273 e. The number of benzene rings is 3. The Labute approximate surface area is 235 Å². The summed E-state index contributed by atoms with van der Waals surface area (Å²) in [4.78, 5) is 32.1. The van der Waals surface area contributed by atoms with Crippen LogP contribution in [-0.2, 0) is 24.4 Å². The number of rotatable bonds is 9. The van der Waals surface area contributed by atoms with Gasteiger partial charge in [0.25, 0.3) is 5.91 Å². The number of hydrogen-bond acceptors (Lipinski definition) is 5. The standard InChI is InChI=1S/C33H35N3O4/c1-22(2)17-31(37)36-16-15-25-13-14-27(18-28(25)32(36)26-11-9-23(3)10-12-26)39-21-30-35-29(20-40-30)33(38)34-19-24-7-5-4-6-8-24/h4-14,18,20,22,32H,15-17,19,21H2,1-3H3,(H,34,38)/t32-/m0/s1. The van der Waals surface area contributed by atoms with E-state index in [1.807, 2.05) is 47.4 Å². The predicted molar refractivity (Wildman–Crippen MR) is 153 cm³/mol. The number of carbonyl (C=O) groups excluding carboxylic acids is 2. The third kappa shape index (κ3) is 6.42. The van der Waals surface area contributed by atoms with Crippen molar-refractivity contribution in [3.63, 3.8) is 0 Å². The van der Waals surface area contributed by atoms with Crippen LogP contribution < -0.4 is 10.1 Å². The lowest BCUT2D eigenvalue weighted by atomic mass is 9.87. The van der Waals surface area contributed by atoms with Crippen molar-refractivity contribution in [3.8, 4) is 5.75 Å². The van der Waals surface area contributed by atoms with Crippen molar-refractivity contribution in [1.29, 1.82) is 0 Å². The monoisotopic (exact) mass is 537 g/mol. The molecular formula is C33H35N3O4. The van der Waals surface area contributed by atoms with Crippen molar-refractivity contribution in [1.82, 2.24) is 15.2 Å². The molecule has 7 heteroatoms. The fourth-order valence-corrected chi connectivity index (χ4v) is 5.02. The van der Waals surface area contributed by atoms with Crippen LogP contribution in [0, 0.1) is 12.8 Å². The molecule has 40 heavy (non-hydrogen) atoms. The lowest BCUT2D eigenvalue weighted by Gasteiger charge is -2.38. The number of amides is 2. The smallest absolute Gasteiger partial charge is 0.273 e. The van der Waals surface area contributed by atoms with E-state index in [0.29, 0.717) is 31.2 Å². The Morgan fingerprint density at radius 1 is 1.07 bits per heavy atom. The van der Waals surface area contributed by atoms with Gasteiger partial charge in [0.15, 0.2) is 12.3 Å². The van der Waals surface area contributed by atoms with Crippen LogP contribution >= 0.6 is 0 Å². The van der Waals surface area contributed by atoms with Crippen molar-refractivity contribution in [2.75, 3.05) is 6.54 Å². The molecule has 1 N–H and O–H groups in total.